The molecule has 2 aromatic carbocycles. The van der Waals surface area contributed by atoms with Crippen LogP contribution >= 0.6 is 39.1 Å². The third-order valence-corrected chi connectivity index (χ3v) is 6.15. The maximum absolute atomic E-state index is 11.6. The van der Waals surface area contributed by atoms with Gasteiger partial charge in [-0.25, -0.2) is 0 Å². The van der Waals surface area contributed by atoms with Gasteiger partial charge in [-0.1, -0.05) is 45.2 Å². The van der Waals surface area contributed by atoms with Crippen molar-refractivity contribution in [3.63, 3.8) is 0 Å². The monoisotopic (exact) mass is 471 g/mol. The van der Waals surface area contributed by atoms with E-state index in [-0.39, 0.29) is 12.0 Å². The first-order chi connectivity index (χ1) is 12.9. The Labute approximate surface area is 177 Å². The topological polar surface area (TPSA) is 49.8 Å². The number of aliphatic carboxylic acids is 1. The molecule has 144 valence electrons. The van der Waals surface area contributed by atoms with Gasteiger partial charge in [-0.3, -0.25) is 9.69 Å². The van der Waals surface area contributed by atoms with Gasteiger partial charge in [0.15, 0.2) is 0 Å². The molecule has 1 saturated heterocycles. The Balaban J connectivity index is 2.10. The second kappa shape index (κ2) is 8.82. The molecule has 2 atom stereocenters. The van der Waals surface area contributed by atoms with E-state index in [1.807, 2.05) is 30.3 Å². The summed E-state index contributed by atoms with van der Waals surface area (Å²) in [6.45, 7) is 1.26. The zero-order valence-corrected chi connectivity index (χ0v) is 17.9. The van der Waals surface area contributed by atoms with E-state index in [4.69, 9.17) is 27.9 Å². The lowest BCUT2D eigenvalue weighted by Gasteiger charge is -2.38. The Kier molecular flexibility index (Phi) is 6.69. The number of carboxylic acids is 1. The minimum Gasteiger partial charge on any atom is -0.496 e. The van der Waals surface area contributed by atoms with E-state index in [1.54, 1.807) is 13.2 Å². The van der Waals surface area contributed by atoms with Crippen molar-refractivity contribution in [2.24, 2.45) is 5.92 Å². The summed E-state index contributed by atoms with van der Waals surface area (Å²) in [6.07, 6.45) is 1.51. The van der Waals surface area contributed by atoms with Crippen LogP contribution in [0.3, 0.4) is 0 Å². The zero-order valence-electron chi connectivity index (χ0n) is 14.8. The molecule has 0 spiro atoms. The summed E-state index contributed by atoms with van der Waals surface area (Å²) in [5.41, 5.74) is 1.91. The van der Waals surface area contributed by atoms with Crippen molar-refractivity contribution in [1.29, 1.82) is 0 Å². The van der Waals surface area contributed by atoms with E-state index >= 15 is 0 Å². The molecule has 0 aliphatic carbocycles. The molecule has 7 heteroatoms. The molecule has 0 aromatic heterocycles. The Morgan fingerprint density at radius 2 is 2.04 bits per heavy atom. The number of halogens is 3. The number of piperidine rings is 1. The number of methoxy groups -OCH3 is 1. The minimum atomic E-state index is -0.756. The van der Waals surface area contributed by atoms with E-state index in [0.29, 0.717) is 23.0 Å². The molecule has 27 heavy (non-hydrogen) atoms. The van der Waals surface area contributed by atoms with E-state index < -0.39 is 5.97 Å². The molecule has 1 aliphatic heterocycles. The molecule has 0 radical (unpaired) electrons. The molecule has 1 aliphatic rings. The number of carboxylic acid groups (broad SMARTS) is 1. The van der Waals surface area contributed by atoms with Crippen LogP contribution in [0.4, 0.5) is 0 Å². The maximum atomic E-state index is 11.6. The molecule has 0 bridgehead atoms. The van der Waals surface area contributed by atoms with E-state index in [1.165, 1.54) is 0 Å². The van der Waals surface area contributed by atoms with Crippen LogP contribution in [0.25, 0.3) is 0 Å². The van der Waals surface area contributed by atoms with Gasteiger partial charge in [0.1, 0.15) is 5.75 Å². The van der Waals surface area contributed by atoms with Crippen LogP contribution in [0, 0.1) is 5.92 Å². The Hall–Kier alpha value is -1.27. The van der Waals surface area contributed by atoms with Gasteiger partial charge in [0, 0.05) is 16.6 Å². The number of carbonyl (C=O) groups is 1. The lowest BCUT2D eigenvalue weighted by Crippen LogP contribution is -2.41. The van der Waals surface area contributed by atoms with Crippen LogP contribution in [0.1, 0.15) is 30.0 Å². The van der Waals surface area contributed by atoms with Crippen LogP contribution in [0.15, 0.2) is 40.9 Å². The highest BCUT2D eigenvalue weighted by Crippen LogP contribution is 2.40. The highest BCUT2D eigenvalue weighted by atomic mass is 79.9. The molecule has 2 unspecified atom stereocenters. The standard InChI is InChI=1S/C20H20BrCl2NO3/c1-27-18-7-5-14(21)10-15(18)19(12-4-6-16(22)17(23)9-12)24-8-2-3-13(11-24)20(25)26/h4-7,9-10,13,19H,2-3,8,11H2,1H3,(H,25,26). The number of nitrogens with zero attached hydrogens (tertiary/aromatic N) is 1. The Morgan fingerprint density at radius 1 is 1.26 bits per heavy atom. The lowest BCUT2D eigenvalue weighted by molar-refractivity contribution is -0.143. The molecule has 1 fully saturated rings. The number of rotatable bonds is 5. The van der Waals surface area contributed by atoms with E-state index in [2.05, 4.69) is 20.8 Å². The highest BCUT2D eigenvalue weighted by Gasteiger charge is 2.33. The molecule has 4 nitrogen and oxygen atoms in total. The first-order valence-corrected chi connectivity index (χ1v) is 10.2. The van der Waals surface area contributed by atoms with Crippen molar-refractivity contribution >= 4 is 45.1 Å². The van der Waals surface area contributed by atoms with Crippen molar-refractivity contribution in [2.75, 3.05) is 20.2 Å². The average molecular weight is 473 g/mol. The Bertz CT molecular complexity index is 846. The smallest absolute Gasteiger partial charge is 0.307 e. The second-order valence-corrected chi connectivity index (χ2v) is 8.36. The number of ether oxygens (including phenoxy) is 1. The first kappa shape index (κ1) is 20.5. The van der Waals surface area contributed by atoms with Gasteiger partial charge in [0.25, 0.3) is 0 Å². The fourth-order valence-electron chi connectivity index (χ4n) is 3.63. The molecule has 3 rings (SSSR count). The predicted octanol–water partition coefficient (Wildman–Crippen LogP) is 5.65. The van der Waals surface area contributed by atoms with E-state index in [0.717, 1.165) is 34.3 Å². The number of hydrogen-bond donors (Lipinski definition) is 1. The first-order valence-electron chi connectivity index (χ1n) is 8.66. The van der Waals surface area contributed by atoms with Gasteiger partial charge in [-0.15, -0.1) is 0 Å². The van der Waals surface area contributed by atoms with Gasteiger partial charge in [0.2, 0.25) is 0 Å². The third kappa shape index (κ3) is 4.60. The predicted molar refractivity (Wildman–Crippen MR) is 111 cm³/mol. The molecular weight excluding hydrogens is 453 g/mol. The Morgan fingerprint density at radius 3 is 2.70 bits per heavy atom. The summed E-state index contributed by atoms with van der Waals surface area (Å²) in [5.74, 6) is -0.400. The van der Waals surface area contributed by atoms with Gasteiger partial charge < -0.3 is 9.84 Å². The lowest BCUT2D eigenvalue weighted by atomic mass is 9.91. The molecule has 2 aromatic rings. The van der Waals surface area contributed by atoms with Crippen molar-refractivity contribution in [1.82, 2.24) is 4.90 Å². The largest absolute Gasteiger partial charge is 0.496 e. The van der Waals surface area contributed by atoms with Crippen molar-refractivity contribution in [3.05, 3.63) is 62.0 Å². The molecular formula is C20H20BrCl2NO3. The maximum Gasteiger partial charge on any atom is 0.307 e. The van der Waals surface area contributed by atoms with Crippen LogP contribution in [0.5, 0.6) is 5.75 Å². The summed E-state index contributed by atoms with van der Waals surface area (Å²) in [5, 5.41) is 10.5. The van der Waals surface area contributed by atoms with Crippen LogP contribution in [0.2, 0.25) is 10.0 Å². The van der Waals surface area contributed by atoms with Gasteiger partial charge in [-0.2, -0.15) is 0 Å². The van der Waals surface area contributed by atoms with Crippen LogP contribution in [-0.4, -0.2) is 36.2 Å². The molecule has 0 amide bonds. The fourth-order valence-corrected chi connectivity index (χ4v) is 4.32. The second-order valence-electron chi connectivity index (χ2n) is 6.63. The number of benzene rings is 2. The molecule has 1 N–H and O–H groups in total. The van der Waals surface area contributed by atoms with Gasteiger partial charge in [-0.05, 0) is 55.3 Å². The normalized spacial score (nSPS) is 18.9. The quantitative estimate of drug-likeness (QED) is 0.610. The SMILES string of the molecule is COc1ccc(Br)cc1C(c1ccc(Cl)c(Cl)c1)N1CCCC(C(=O)O)C1. The number of hydrogen-bond acceptors (Lipinski definition) is 3. The summed E-state index contributed by atoms with van der Waals surface area (Å²) < 4.78 is 6.53. The van der Waals surface area contributed by atoms with Crippen LogP contribution in [-0.2, 0) is 4.79 Å². The van der Waals surface area contributed by atoms with Gasteiger partial charge >= 0.3 is 5.97 Å². The van der Waals surface area contributed by atoms with Gasteiger partial charge in [0.05, 0.1) is 29.1 Å². The van der Waals surface area contributed by atoms with Crippen LogP contribution < -0.4 is 4.74 Å². The summed E-state index contributed by atoms with van der Waals surface area (Å²) in [7, 11) is 1.63. The minimum absolute atomic E-state index is 0.186. The highest BCUT2D eigenvalue weighted by molar-refractivity contribution is 9.10. The summed E-state index contributed by atoms with van der Waals surface area (Å²) in [6, 6.07) is 11.2. The third-order valence-electron chi connectivity index (χ3n) is 4.91. The summed E-state index contributed by atoms with van der Waals surface area (Å²) >= 11 is 15.9. The van der Waals surface area contributed by atoms with Crippen molar-refractivity contribution < 1.29 is 14.6 Å². The molecule has 0 saturated carbocycles. The average Bonchev–Trinajstić information content (AvgIpc) is 2.65. The van der Waals surface area contributed by atoms with Crippen molar-refractivity contribution in [3.8, 4) is 5.75 Å². The molecule has 1 heterocycles. The zero-order chi connectivity index (χ0) is 19.6. The summed E-state index contributed by atoms with van der Waals surface area (Å²) in [4.78, 5) is 13.8. The number of likely N-dealkylation sites (tertiary alicyclic amines) is 1. The van der Waals surface area contributed by atoms with Crippen molar-refractivity contribution in [2.45, 2.75) is 18.9 Å². The fraction of sp³-hybridized carbons (Fsp3) is 0.350. The van der Waals surface area contributed by atoms with E-state index in [9.17, 15) is 9.90 Å².